The van der Waals surface area contributed by atoms with Crippen molar-refractivity contribution in [3.8, 4) is 0 Å². The minimum atomic E-state index is -4.80. The van der Waals surface area contributed by atoms with Crippen molar-refractivity contribution in [2.45, 2.75) is 18.8 Å². The Morgan fingerprint density at radius 2 is 1.88 bits per heavy atom. The van der Waals surface area contributed by atoms with E-state index in [1.807, 2.05) is 0 Å². The molecule has 0 aromatic carbocycles. The summed E-state index contributed by atoms with van der Waals surface area (Å²) in [5.41, 5.74) is -2.95. The van der Waals surface area contributed by atoms with E-state index in [1.165, 1.54) is 7.05 Å². The second-order valence-corrected chi connectivity index (χ2v) is 5.63. The average Bonchev–Trinajstić information content (AvgIpc) is 2.90. The first-order valence-corrected chi connectivity index (χ1v) is 7.38. The first-order chi connectivity index (χ1) is 11.9. The Kier molecular flexibility index (Phi) is 5.49. The van der Waals surface area contributed by atoms with Crippen molar-refractivity contribution >= 4 is 17.5 Å². The first kappa shape index (κ1) is 20.0. The molecule has 0 unspecified atom stereocenters. The van der Waals surface area contributed by atoms with Crippen LogP contribution < -0.4 is 5.32 Å². The number of hydrogen-bond acceptors (Lipinski definition) is 3. The highest BCUT2D eigenvalue weighted by atomic mass is 35.5. The molecule has 2 heterocycles. The molecule has 12 heteroatoms. The molecule has 2 aromatic rings. The quantitative estimate of drug-likeness (QED) is 0.799. The summed E-state index contributed by atoms with van der Waals surface area (Å²) < 4.78 is 76.9. The topological polar surface area (TPSA) is 59.8 Å². The van der Waals surface area contributed by atoms with E-state index >= 15 is 0 Å². The van der Waals surface area contributed by atoms with Crippen molar-refractivity contribution in [1.29, 1.82) is 0 Å². The highest BCUT2D eigenvalue weighted by molar-refractivity contribution is 6.31. The van der Waals surface area contributed by atoms with Gasteiger partial charge in [-0.15, -0.1) is 0 Å². The lowest BCUT2D eigenvalue weighted by Gasteiger charge is -2.10. The number of carbonyl (C=O) groups excluding carboxylic acids is 1. The Bertz CT molecular complexity index is 815. The predicted molar refractivity (Wildman–Crippen MR) is 78.5 cm³/mol. The predicted octanol–water partition coefficient (Wildman–Crippen LogP) is 3.48. The van der Waals surface area contributed by atoms with E-state index in [1.54, 1.807) is 0 Å². The van der Waals surface area contributed by atoms with Gasteiger partial charge in [0.15, 0.2) is 5.69 Å². The van der Waals surface area contributed by atoms with Crippen LogP contribution in [0.5, 0.6) is 0 Å². The molecule has 0 aliphatic carbocycles. The average molecular weight is 401 g/mol. The van der Waals surface area contributed by atoms with Gasteiger partial charge in [0, 0.05) is 32.4 Å². The minimum Gasteiger partial charge on any atom is -0.352 e. The molecular formula is C14H11ClF6N4O. The molecule has 0 radical (unpaired) electrons. The molecule has 0 aliphatic rings. The van der Waals surface area contributed by atoms with Gasteiger partial charge in [-0.3, -0.25) is 14.5 Å². The summed E-state index contributed by atoms with van der Waals surface area (Å²) in [4.78, 5) is 15.5. The van der Waals surface area contributed by atoms with Crippen molar-refractivity contribution in [3.63, 3.8) is 0 Å². The van der Waals surface area contributed by atoms with Crippen LogP contribution in [0.4, 0.5) is 26.3 Å². The molecule has 142 valence electrons. The van der Waals surface area contributed by atoms with Crippen molar-refractivity contribution in [2.75, 3.05) is 6.54 Å². The maximum absolute atomic E-state index is 12.8. The van der Waals surface area contributed by atoms with Crippen LogP contribution in [-0.2, 0) is 25.8 Å². The summed E-state index contributed by atoms with van der Waals surface area (Å²) in [5, 5.41) is 5.18. The lowest BCUT2D eigenvalue weighted by Crippen LogP contribution is -2.27. The maximum Gasteiger partial charge on any atom is 0.435 e. The number of alkyl halides is 6. The van der Waals surface area contributed by atoms with Gasteiger partial charge < -0.3 is 5.32 Å². The number of aromatic nitrogens is 3. The third kappa shape index (κ3) is 4.65. The third-order valence-electron chi connectivity index (χ3n) is 3.23. The molecule has 26 heavy (non-hydrogen) atoms. The van der Waals surface area contributed by atoms with Gasteiger partial charge in [-0.25, -0.2) is 0 Å². The van der Waals surface area contributed by atoms with Crippen molar-refractivity contribution in [3.05, 3.63) is 46.0 Å². The molecule has 1 amide bonds. The van der Waals surface area contributed by atoms with Crippen LogP contribution in [0.3, 0.4) is 0 Å². The second-order valence-electron chi connectivity index (χ2n) is 5.22. The van der Waals surface area contributed by atoms with E-state index in [9.17, 15) is 31.1 Å². The van der Waals surface area contributed by atoms with E-state index in [0.29, 0.717) is 12.3 Å². The van der Waals surface area contributed by atoms with E-state index in [-0.39, 0.29) is 23.7 Å². The summed E-state index contributed by atoms with van der Waals surface area (Å²) in [6.07, 6.45) is -7.96. The van der Waals surface area contributed by atoms with Crippen LogP contribution in [0.1, 0.15) is 27.3 Å². The summed E-state index contributed by atoms with van der Waals surface area (Å²) in [7, 11) is 1.23. The van der Waals surface area contributed by atoms with Gasteiger partial charge in [0.05, 0.1) is 21.8 Å². The van der Waals surface area contributed by atoms with Gasteiger partial charge in [-0.2, -0.15) is 31.4 Å². The van der Waals surface area contributed by atoms with E-state index in [4.69, 9.17) is 11.6 Å². The van der Waals surface area contributed by atoms with Gasteiger partial charge in [-0.05, 0) is 6.07 Å². The Hall–Kier alpha value is -2.30. The van der Waals surface area contributed by atoms with Gasteiger partial charge in [0.25, 0.3) is 5.91 Å². The number of rotatable bonds is 4. The molecule has 2 aromatic heterocycles. The van der Waals surface area contributed by atoms with Gasteiger partial charge in [0.1, 0.15) is 0 Å². The van der Waals surface area contributed by atoms with Crippen LogP contribution in [0.15, 0.2) is 18.5 Å². The highest BCUT2D eigenvalue weighted by Crippen LogP contribution is 2.31. The number of aryl methyl sites for hydroxylation is 1. The van der Waals surface area contributed by atoms with Crippen LogP contribution in [0, 0.1) is 0 Å². The molecule has 5 nitrogen and oxygen atoms in total. The Balaban J connectivity index is 2.04. The molecule has 0 saturated heterocycles. The lowest BCUT2D eigenvalue weighted by atomic mass is 10.2. The molecule has 0 aliphatic heterocycles. The second kappa shape index (κ2) is 7.14. The van der Waals surface area contributed by atoms with Crippen LogP contribution in [-0.4, -0.2) is 27.2 Å². The fourth-order valence-corrected chi connectivity index (χ4v) is 2.32. The van der Waals surface area contributed by atoms with Gasteiger partial charge >= 0.3 is 12.4 Å². The molecule has 0 spiro atoms. The molecule has 1 N–H and O–H groups in total. The van der Waals surface area contributed by atoms with E-state index in [0.717, 1.165) is 10.9 Å². The van der Waals surface area contributed by atoms with Crippen molar-refractivity contribution in [2.24, 2.45) is 7.05 Å². The summed E-state index contributed by atoms with van der Waals surface area (Å²) in [6, 6.07) is 0.689. The summed E-state index contributed by atoms with van der Waals surface area (Å²) in [6.45, 7) is -0.177. The fourth-order valence-electron chi connectivity index (χ4n) is 2.06. The molecule has 2 rings (SSSR count). The molecule has 0 fully saturated rings. The number of nitrogens with one attached hydrogen (secondary N) is 1. The van der Waals surface area contributed by atoms with Crippen molar-refractivity contribution in [1.82, 2.24) is 20.1 Å². The maximum atomic E-state index is 12.8. The van der Waals surface area contributed by atoms with Crippen LogP contribution in [0.2, 0.25) is 5.02 Å². The van der Waals surface area contributed by atoms with Gasteiger partial charge in [-0.1, -0.05) is 11.6 Å². The zero-order valence-corrected chi connectivity index (χ0v) is 13.8. The molecule has 0 atom stereocenters. The largest absolute Gasteiger partial charge is 0.435 e. The monoisotopic (exact) mass is 400 g/mol. The molecule has 0 saturated carbocycles. The summed E-state index contributed by atoms with van der Waals surface area (Å²) >= 11 is 5.72. The zero-order valence-electron chi connectivity index (χ0n) is 13.0. The smallest absolute Gasteiger partial charge is 0.352 e. The number of nitrogens with zero attached hydrogens (tertiary/aromatic N) is 3. The van der Waals surface area contributed by atoms with Crippen molar-refractivity contribution < 1.29 is 31.1 Å². The number of halogens is 7. The standard InChI is InChI=1S/C14H11ClF6N4O/c1-25-6-8(11(24-25)14(19,20)21)12(26)22-3-2-10-9(15)4-7(5-23-10)13(16,17)18/h4-6H,2-3H2,1H3,(H,22,26). The van der Waals surface area contributed by atoms with Gasteiger partial charge in [0.2, 0.25) is 0 Å². The first-order valence-electron chi connectivity index (χ1n) is 7.00. The normalized spacial score (nSPS) is 12.3. The molecule has 0 bridgehead atoms. The fraction of sp³-hybridized carbons (Fsp3) is 0.357. The summed E-state index contributed by atoms with van der Waals surface area (Å²) in [5.74, 6) is -1.02. The van der Waals surface area contributed by atoms with Crippen LogP contribution in [0.25, 0.3) is 0 Å². The number of pyridine rings is 1. The minimum absolute atomic E-state index is 0.0652. The Labute approximate surface area is 148 Å². The highest BCUT2D eigenvalue weighted by Gasteiger charge is 2.39. The lowest BCUT2D eigenvalue weighted by molar-refractivity contribution is -0.141. The number of amides is 1. The number of carbonyl (C=O) groups is 1. The zero-order chi connectivity index (χ0) is 19.7. The molecular weight excluding hydrogens is 390 g/mol. The third-order valence-corrected chi connectivity index (χ3v) is 3.56. The Morgan fingerprint density at radius 3 is 2.42 bits per heavy atom. The van der Waals surface area contributed by atoms with E-state index < -0.39 is 35.1 Å². The van der Waals surface area contributed by atoms with Crippen LogP contribution >= 0.6 is 11.6 Å². The Morgan fingerprint density at radius 1 is 1.23 bits per heavy atom. The SMILES string of the molecule is Cn1cc(C(=O)NCCc2ncc(C(F)(F)F)cc2Cl)c(C(F)(F)F)n1. The van der Waals surface area contributed by atoms with E-state index in [2.05, 4.69) is 15.4 Å². The number of hydrogen-bond donors (Lipinski definition) is 1.